The van der Waals surface area contributed by atoms with Gasteiger partial charge in [-0.25, -0.2) is 0 Å². The van der Waals surface area contributed by atoms with Crippen molar-refractivity contribution in [1.29, 1.82) is 0 Å². The van der Waals surface area contributed by atoms with E-state index in [1.54, 1.807) is 0 Å². The molecule has 40 heavy (non-hydrogen) atoms. The second kappa shape index (κ2) is 18.5. The van der Waals surface area contributed by atoms with Crippen LogP contribution in [0.2, 0.25) is 5.02 Å². The van der Waals surface area contributed by atoms with Gasteiger partial charge in [-0.1, -0.05) is 48.9 Å². The van der Waals surface area contributed by atoms with Crippen molar-refractivity contribution in [2.75, 3.05) is 27.7 Å². The summed E-state index contributed by atoms with van der Waals surface area (Å²) in [5.41, 5.74) is 2.00. The van der Waals surface area contributed by atoms with Crippen LogP contribution in [0.1, 0.15) is 42.0 Å². The summed E-state index contributed by atoms with van der Waals surface area (Å²) in [6, 6.07) is 12.3. The van der Waals surface area contributed by atoms with Crippen molar-refractivity contribution in [2.24, 2.45) is 11.8 Å². The van der Waals surface area contributed by atoms with Crippen molar-refractivity contribution in [3.8, 4) is 0 Å². The summed E-state index contributed by atoms with van der Waals surface area (Å²) >= 11 is 5.60. The topological polar surface area (TPSA) is 87.7 Å². The third kappa shape index (κ3) is 13.5. The molecular weight excluding hydrogens is 547 g/mol. The molecule has 11 heteroatoms. The van der Waals surface area contributed by atoms with Gasteiger partial charge in [-0.2, -0.15) is 13.2 Å². The molecule has 1 aliphatic carbocycles. The van der Waals surface area contributed by atoms with Crippen LogP contribution < -0.4 is 10.6 Å². The third-order valence-corrected chi connectivity index (χ3v) is 6.05. The normalized spacial score (nSPS) is 15.4. The molecule has 2 aromatic carbocycles. The van der Waals surface area contributed by atoms with Crippen LogP contribution in [0, 0.1) is 11.8 Å². The summed E-state index contributed by atoms with van der Waals surface area (Å²) in [7, 11) is 5.61. The average Bonchev–Trinajstić information content (AvgIpc) is 3.69. The fraction of sp³-hybridized carbons (Fsp3) is 0.483. The van der Waals surface area contributed by atoms with Crippen molar-refractivity contribution < 1.29 is 32.3 Å². The van der Waals surface area contributed by atoms with E-state index in [9.17, 15) is 27.6 Å². The molecule has 0 aromatic heterocycles. The highest BCUT2D eigenvalue weighted by atomic mass is 35.5. The first-order valence-electron chi connectivity index (χ1n) is 12.9. The number of halogens is 4. The highest BCUT2D eigenvalue weighted by molar-refractivity contribution is 6.31. The number of aldehydes is 2. The Labute approximate surface area is 239 Å². The molecule has 4 rings (SSSR count). The van der Waals surface area contributed by atoms with E-state index in [-0.39, 0.29) is 17.0 Å². The van der Waals surface area contributed by atoms with Crippen LogP contribution in [0.25, 0.3) is 0 Å². The minimum Gasteiger partial charge on any atom is -0.376 e. The number of ether oxygens (including phenoxy) is 1. The summed E-state index contributed by atoms with van der Waals surface area (Å²) in [6.07, 6.45) is 0.0657. The first-order valence-corrected chi connectivity index (χ1v) is 13.3. The number of carbonyl (C=O) groups is 3. The molecular formula is C29H39ClF3N3O4. The number of nitrogens with one attached hydrogen (secondary N) is 2. The van der Waals surface area contributed by atoms with Gasteiger partial charge in [0.1, 0.15) is 12.6 Å². The highest BCUT2D eigenvalue weighted by Crippen LogP contribution is 2.38. The number of carbonyl (C=O) groups excluding carboxylic acids is 3. The number of amides is 1. The molecule has 2 aromatic rings. The predicted octanol–water partition coefficient (Wildman–Crippen LogP) is 4.89. The van der Waals surface area contributed by atoms with Gasteiger partial charge < -0.3 is 25.0 Å². The Bertz CT molecular complexity index is 1040. The molecule has 1 saturated carbocycles. The quantitative estimate of drug-likeness (QED) is 0.408. The second-order valence-corrected chi connectivity index (χ2v) is 10.1. The van der Waals surface area contributed by atoms with Crippen LogP contribution in [-0.2, 0) is 45.0 Å². The van der Waals surface area contributed by atoms with Gasteiger partial charge in [0.15, 0.2) is 0 Å². The molecule has 2 unspecified atom stereocenters. The molecule has 222 valence electrons. The molecule has 2 aliphatic rings. The molecule has 1 fully saturated rings. The molecule has 1 amide bonds. The van der Waals surface area contributed by atoms with Gasteiger partial charge in [0.05, 0.1) is 29.8 Å². The lowest BCUT2D eigenvalue weighted by molar-refractivity contribution is -0.137. The summed E-state index contributed by atoms with van der Waals surface area (Å²) in [6.45, 7) is 4.14. The molecule has 0 radical (unpaired) electrons. The Morgan fingerprint density at radius 2 is 1.62 bits per heavy atom. The van der Waals surface area contributed by atoms with Crippen molar-refractivity contribution >= 4 is 30.6 Å². The van der Waals surface area contributed by atoms with E-state index >= 15 is 0 Å². The maximum atomic E-state index is 12.5. The number of nitrogens with zero attached hydrogens (tertiary/aromatic N) is 1. The summed E-state index contributed by atoms with van der Waals surface area (Å²) in [5.74, 6) is 0.413. The summed E-state index contributed by atoms with van der Waals surface area (Å²) in [4.78, 5) is 32.2. The molecule has 7 nitrogen and oxygen atoms in total. The molecule has 2 atom stereocenters. The number of fused-ring (bicyclic) bond motifs is 1. The van der Waals surface area contributed by atoms with E-state index < -0.39 is 11.7 Å². The highest BCUT2D eigenvalue weighted by Gasteiger charge is 2.35. The maximum absolute atomic E-state index is 12.5. The van der Waals surface area contributed by atoms with Gasteiger partial charge in [0.2, 0.25) is 6.41 Å². The molecule has 2 N–H and O–H groups in total. The minimum absolute atomic E-state index is 0.0105. The van der Waals surface area contributed by atoms with E-state index in [1.165, 1.54) is 6.07 Å². The van der Waals surface area contributed by atoms with Gasteiger partial charge in [0.25, 0.3) is 0 Å². The molecule has 1 heterocycles. The van der Waals surface area contributed by atoms with Gasteiger partial charge in [-0.3, -0.25) is 9.69 Å². The number of hydrogen-bond acceptors (Lipinski definition) is 6. The monoisotopic (exact) mass is 585 g/mol. The molecule has 1 aliphatic heterocycles. The van der Waals surface area contributed by atoms with E-state index in [1.807, 2.05) is 63.3 Å². The zero-order valence-corrected chi connectivity index (χ0v) is 24.1. The van der Waals surface area contributed by atoms with Crippen molar-refractivity contribution in [2.45, 2.75) is 51.7 Å². The first kappa shape index (κ1) is 35.2. The third-order valence-electron chi connectivity index (χ3n) is 5.74. The Kier molecular flexibility index (Phi) is 16.3. The Morgan fingerprint density at radius 3 is 2.10 bits per heavy atom. The Morgan fingerprint density at radius 1 is 1.05 bits per heavy atom. The summed E-state index contributed by atoms with van der Waals surface area (Å²) in [5, 5.41) is 4.98. The van der Waals surface area contributed by atoms with Crippen molar-refractivity contribution in [1.82, 2.24) is 15.5 Å². The zero-order valence-electron chi connectivity index (χ0n) is 23.3. The fourth-order valence-corrected chi connectivity index (χ4v) is 3.90. The second-order valence-electron chi connectivity index (χ2n) is 9.67. The standard InChI is InChI=1S/C11H14O2.C10H9ClF3N.C6H9NO2.C2H7N/c1-10(7-12)8-13-9-11-5-3-2-4-6-11;1-15-4-6-2-8(10(12,13)14)9(11)3-7(6)5-15;8-3-6(7-4-9)5-1-2-5;1-3-2/h2-7,10H,8-9H2,1H3;2-3H,4-5H2,1H3;3-6H,1-2H2,(H,7,9);3H,1-2H3. The minimum atomic E-state index is -4.37. The van der Waals surface area contributed by atoms with Crippen LogP contribution >= 0.6 is 11.6 Å². The van der Waals surface area contributed by atoms with Gasteiger partial charge >= 0.3 is 6.18 Å². The largest absolute Gasteiger partial charge is 0.417 e. The zero-order chi connectivity index (χ0) is 30.1. The number of alkyl halides is 3. The van der Waals surface area contributed by atoms with Crippen LogP contribution in [0.4, 0.5) is 13.2 Å². The number of hydrogen-bond donors (Lipinski definition) is 2. The SMILES string of the molecule is CC(C=O)COCc1ccccc1.CN1Cc2cc(Cl)c(C(F)(F)F)cc2C1.CNC.O=CNC(C=O)C1CC1. The van der Waals surface area contributed by atoms with E-state index in [0.29, 0.717) is 44.2 Å². The molecule has 0 spiro atoms. The van der Waals surface area contributed by atoms with Crippen LogP contribution in [0.3, 0.4) is 0 Å². The van der Waals surface area contributed by atoms with Crippen LogP contribution in [-0.4, -0.2) is 57.7 Å². The van der Waals surface area contributed by atoms with Crippen molar-refractivity contribution in [3.63, 3.8) is 0 Å². The lowest BCUT2D eigenvalue weighted by Crippen LogP contribution is -2.30. The first-order chi connectivity index (χ1) is 19.0. The van der Waals surface area contributed by atoms with Crippen LogP contribution in [0.15, 0.2) is 42.5 Å². The van der Waals surface area contributed by atoms with Crippen LogP contribution in [0.5, 0.6) is 0 Å². The molecule has 0 bridgehead atoms. The predicted molar refractivity (Wildman–Crippen MR) is 150 cm³/mol. The number of benzene rings is 2. The van der Waals surface area contributed by atoms with Gasteiger partial charge in [-0.15, -0.1) is 0 Å². The smallest absolute Gasteiger partial charge is 0.376 e. The molecule has 0 saturated heterocycles. The van der Waals surface area contributed by atoms with Crippen molar-refractivity contribution in [3.05, 3.63) is 69.7 Å². The van der Waals surface area contributed by atoms with Gasteiger partial charge in [-0.05, 0) is 68.7 Å². The van der Waals surface area contributed by atoms with E-state index in [2.05, 4.69) is 10.6 Å². The van der Waals surface area contributed by atoms with E-state index in [4.69, 9.17) is 16.3 Å². The van der Waals surface area contributed by atoms with E-state index in [0.717, 1.165) is 42.6 Å². The van der Waals surface area contributed by atoms with Gasteiger partial charge in [0, 0.05) is 19.0 Å². The fourth-order valence-electron chi connectivity index (χ4n) is 3.60. The lowest BCUT2D eigenvalue weighted by Gasteiger charge is -2.10. The number of rotatable bonds is 9. The summed E-state index contributed by atoms with van der Waals surface area (Å²) < 4.78 is 42.9. The Hall–Kier alpha value is -2.79. The lowest BCUT2D eigenvalue weighted by atomic mass is 10.1. The maximum Gasteiger partial charge on any atom is 0.417 e. The average molecular weight is 586 g/mol. The Balaban J connectivity index is 0.000000293.